The normalized spacial score (nSPS) is 17.9. The molecular formula is C59H73F2N9O15S4. The minimum atomic E-state index is -3.85. The topological polar surface area (TPSA) is 302 Å². The number of fused-ring (bicyclic) bond motifs is 2. The third-order valence-corrected chi connectivity index (χ3v) is 19.6. The molecule has 1 saturated heterocycles. The Morgan fingerprint density at radius 1 is 0.933 bits per heavy atom. The number of nitrogens with zero attached hydrogens (tertiary/aromatic N) is 5. The van der Waals surface area contributed by atoms with Crippen LogP contribution in [0.5, 0.6) is 0 Å². The Balaban J connectivity index is 0.835. The third kappa shape index (κ3) is 17.2. The van der Waals surface area contributed by atoms with Crippen molar-refractivity contribution < 1.29 is 73.3 Å². The zero-order valence-electron chi connectivity index (χ0n) is 50.7. The van der Waals surface area contributed by atoms with E-state index < -0.39 is 112 Å². The van der Waals surface area contributed by atoms with Crippen molar-refractivity contribution in [2.75, 3.05) is 89.0 Å². The van der Waals surface area contributed by atoms with Gasteiger partial charge in [0.15, 0.2) is 30.3 Å². The minimum Gasteiger partial charge on any atom is -0.433 e. The lowest BCUT2D eigenvalue weighted by atomic mass is 9.85. The molecule has 482 valence electrons. The van der Waals surface area contributed by atoms with Gasteiger partial charge in [-0.05, 0) is 71.7 Å². The van der Waals surface area contributed by atoms with Crippen LogP contribution >= 0.6 is 22.1 Å². The molecule has 30 heteroatoms. The van der Waals surface area contributed by atoms with E-state index in [-0.39, 0.29) is 99.4 Å². The van der Waals surface area contributed by atoms with Crippen LogP contribution in [0.4, 0.5) is 19.4 Å². The van der Waals surface area contributed by atoms with Crippen molar-refractivity contribution in [1.82, 2.24) is 40.7 Å². The molecule has 0 saturated carbocycles. The summed E-state index contributed by atoms with van der Waals surface area (Å²) in [5, 5.41) is 11.7. The molecule has 0 bridgehead atoms. The molecule has 3 aromatic heterocycles. The second-order valence-electron chi connectivity index (χ2n) is 23.5. The molecule has 24 nitrogen and oxygen atoms in total. The molecule has 8 rings (SSSR count). The number of carbonyl (C=O) groups is 5. The lowest BCUT2D eigenvalue weighted by Crippen LogP contribution is -2.58. The number of nitrogens with one attached hydrogen (secondary N) is 4. The van der Waals surface area contributed by atoms with Gasteiger partial charge in [0.2, 0.25) is 17.7 Å². The highest BCUT2D eigenvalue weighted by atomic mass is 33.1. The molecule has 4 aromatic rings. The van der Waals surface area contributed by atoms with Gasteiger partial charge >= 0.3 is 6.16 Å². The van der Waals surface area contributed by atoms with E-state index in [0.717, 1.165) is 40.4 Å². The van der Waals surface area contributed by atoms with Crippen molar-refractivity contribution in [3.8, 4) is 10.4 Å². The summed E-state index contributed by atoms with van der Waals surface area (Å²) in [5.41, 5.74) is 4.44. The van der Waals surface area contributed by atoms with E-state index in [9.17, 15) is 50.0 Å². The fourth-order valence-electron chi connectivity index (χ4n) is 10.8. The van der Waals surface area contributed by atoms with E-state index in [0.29, 0.717) is 41.1 Å². The van der Waals surface area contributed by atoms with Gasteiger partial charge in [-0.1, -0.05) is 45.0 Å². The summed E-state index contributed by atoms with van der Waals surface area (Å²) < 4.78 is 108. The summed E-state index contributed by atoms with van der Waals surface area (Å²) in [7, 11) is -5.18. The number of hydrogen-bond acceptors (Lipinski definition) is 21. The van der Waals surface area contributed by atoms with Gasteiger partial charge in [-0.15, -0.1) is 11.3 Å². The predicted molar refractivity (Wildman–Crippen MR) is 330 cm³/mol. The van der Waals surface area contributed by atoms with Gasteiger partial charge in [0.1, 0.15) is 37.2 Å². The number of aromatic nitrogens is 3. The Labute approximate surface area is 522 Å². The summed E-state index contributed by atoms with van der Waals surface area (Å²) in [4.78, 5) is 95.5. The van der Waals surface area contributed by atoms with Crippen LogP contribution in [0.1, 0.15) is 69.8 Å². The number of likely N-dealkylation sites (tertiary alicyclic amines) is 1. The van der Waals surface area contributed by atoms with Crippen LogP contribution in [0.3, 0.4) is 0 Å². The van der Waals surface area contributed by atoms with Crippen molar-refractivity contribution in [1.29, 1.82) is 0 Å². The number of pyridine rings is 2. The molecule has 4 aliphatic rings. The summed E-state index contributed by atoms with van der Waals surface area (Å²) in [6, 6.07) is 6.86. The number of amides is 4. The number of benzene rings is 1. The first-order valence-corrected chi connectivity index (χ1v) is 34.6. The van der Waals surface area contributed by atoms with Crippen LogP contribution in [0, 0.1) is 24.0 Å². The van der Waals surface area contributed by atoms with E-state index in [1.165, 1.54) is 38.1 Å². The Hall–Kier alpha value is -7.09. The highest BCUT2D eigenvalue weighted by molar-refractivity contribution is 8.72. The van der Waals surface area contributed by atoms with Crippen LogP contribution in [-0.2, 0) is 75.2 Å². The minimum absolute atomic E-state index is 0.0156. The highest BCUT2D eigenvalue weighted by Crippen LogP contribution is 2.47. The van der Waals surface area contributed by atoms with E-state index in [4.69, 9.17) is 23.7 Å². The van der Waals surface area contributed by atoms with Crippen LogP contribution < -0.4 is 31.7 Å². The van der Waals surface area contributed by atoms with Gasteiger partial charge in [-0.3, -0.25) is 24.0 Å². The monoisotopic (exact) mass is 1310 g/mol. The standard InChI is InChI=1S/C59H73F2N9O15S4/c1-34-50(86-33-66-34)36-12-10-35(11-13-36)26-65-53(72)44-25-38(85-57(76)84-32-59(5,6)87-89(9,79)80)28-70(44)56(75)51(58(2,3)4)67-45(71)30-83-23-22-82-21-20-81-19-17-63-54(73)46-40-29-69(52-42(61)24-37(60)27-64-52)43-14-16-62-49(47(40)43)48-39(15-18-68(7)55(48)74)41(46)31-88(8,77)78/h10-13,15,18,24,27,29,33,38,43-44,51,62H,14,16-17,19-23,25-26,28,30-32H2,1-9H3,(H,63,73)(H,65,72)(H,67,71)/t38-,43?,44+,51-/m1/s1. The summed E-state index contributed by atoms with van der Waals surface area (Å²) in [6.07, 6.45) is 3.99. The molecule has 4 amide bonds. The smallest absolute Gasteiger partial charge is 0.433 e. The zero-order valence-corrected chi connectivity index (χ0v) is 54.0. The summed E-state index contributed by atoms with van der Waals surface area (Å²) in [6.45, 7) is 9.78. The van der Waals surface area contributed by atoms with Crippen LogP contribution in [-0.4, -0.2) is 179 Å². The lowest BCUT2D eigenvalue weighted by molar-refractivity contribution is -0.144. The maximum absolute atomic E-state index is 15.4. The highest BCUT2D eigenvalue weighted by Gasteiger charge is 2.47. The van der Waals surface area contributed by atoms with E-state index >= 15 is 4.39 Å². The van der Waals surface area contributed by atoms with E-state index in [1.54, 1.807) is 53.2 Å². The van der Waals surface area contributed by atoms with Crippen LogP contribution in [0.25, 0.3) is 21.7 Å². The second-order valence-corrected chi connectivity index (χ2v) is 31.5. The van der Waals surface area contributed by atoms with E-state index in [1.807, 2.05) is 31.2 Å². The number of thiazole rings is 1. The average molecular weight is 1310 g/mol. The molecule has 6 heterocycles. The number of ether oxygens (including phenoxy) is 5. The number of sulfone groups is 1. The van der Waals surface area contributed by atoms with Crippen LogP contribution in [0.2, 0.25) is 0 Å². The van der Waals surface area contributed by atoms with Gasteiger partial charge in [-0.2, -0.15) is 0 Å². The van der Waals surface area contributed by atoms with Gasteiger partial charge in [0.05, 0.1) is 95.2 Å². The fourth-order valence-corrected chi connectivity index (χ4v) is 15.9. The number of rotatable bonds is 26. The SMILES string of the molecule is Cc1ncsc1-c1ccc(CNC(=O)[C@@H]2C[C@@H](OC(=O)OCC(C)(C)SS(C)(=O)=O)CN2C(=O)[C@@H](NC(=O)COCCOCCOCCNC(=O)C2=C(CS(C)(=O)=O)c3ccn(C)c(=O)c3C3=C4C2=CN(c2ncc(F)cc2F)C4CCN3)C(C)(C)C)cc1. The van der Waals surface area contributed by atoms with Crippen molar-refractivity contribution in [2.45, 2.75) is 89.9 Å². The second kappa shape index (κ2) is 28.4. The maximum Gasteiger partial charge on any atom is 0.508 e. The summed E-state index contributed by atoms with van der Waals surface area (Å²) in [5.74, 6) is -5.21. The maximum atomic E-state index is 15.4. The molecule has 0 radical (unpaired) electrons. The number of halogens is 2. The van der Waals surface area contributed by atoms with Crippen molar-refractivity contribution >= 4 is 87.7 Å². The average Bonchev–Trinajstić information content (AvgIpc) is 1.61. The predicted octanol–water partition coefficient (Wildman–Crippen LogP) is 4.39. The first-order valence-electron chi connectivity index (χ1n) is 28.4. The molecule has 4 atom stereocenters. The molecule has 1 aliphatic carbocycles. The first kappa shape index (κ1) is 67.8. The molecule has 3 aliphatic heterocycles. The number of carbonyl (C=O) groups excluding carboxylic acids is 5. The van der Waals surface area contributed by atoms with Crippen molar-refractivity contribution in [3.63, 3.8) is 0 Å². The zero-order chi connectivity index (χ0) is 64.8. The third-order valence-electron chi connectivity index (χ3n) is 14.7. The van der Waals surface area contributed by atoms with Crippen LogP contribution in [0.15, 0.2) is 82.0 Å². The molecule has 0 spiro atoms. The largest absolute Gasteiger partial charge is 0.508 e. The molecule has 4 N–H and O–H groups in total. The van der Waals surface area contributed by atoms with Gasteiger partial charge in [0.25, 0.3) is 11.5 Å². The van der Waals surface area contributed by atoms with Crippen molar-refractivity contribution in [2.24, 2.45) is 12.5 Å². The Kier molecular flexibility index (Phi) is 21.6. The lowest BCUT2D eigenvalue weighted by Gasteiger charge is -2.35. The number of hydrogen-bond donors (Lipinski definition) is 4. The Morgan fingerprint density at radius 3 is 2.28 bits per heavy atom. The van der Waals surface area contributed by atoms with Crippen molar-refractivity contribution in [3.05, 3.63) is 122 Å². The molecule has 89 heavy (non-hydrogen) atoms. The quantitative estimate of drug-likeness (QED) is 0.0385. The first-order chi connectivity index (χ1) is 41.9. The summed E-state index contributed by atoms with van der Waals surface area (Å²) >= 11 is 1.51. The van der Waals surface area contributed by atoms with Gasteiger partial charge in [-0.25, -0.2) is 40.4 Å². The molecule has 1 fully saturated rings. The van der Waals surface area contributed by atoms with Gasteiger partial charge in [0, 0.05) is 75.2 Å². The Bertz CT molecular complexity index is 3750. The van der Waals surface area contributed by atoms with Gasteiger partial charge < -0.3 is 59.3 Å². The number of anilines is 1. The fraction of sp³-hybridized carbons (Fsp3) is 0.492. The molecular weight excluding hydrogens is 1240 g/mol. The van der Waals surface area contributed by atoms with E-state index in [2.05, 4.69) is 31.2 Å². The Morgan fingerprint density at radius 2 is 1.63 bits per heavy atom. The molecule has 1 aromatic carbocycles. The molecule has 1 unspecified atom stereocenters. The number of aryl methyl sites for hydroxylation is 2.